The fourth-order valence-electron chi connectivity index (χ4n) is 2.87. The number of hydrogen-bond donors (Lipinski definition) is 1. The summed E-state index contributed by atoms with van der Waals surface area (Å²) in [5.74, 6) is -0.0503. The zero-order chi connectivity index (χ0) is 16.1. The number of methoxy groups -OCH3 is 1. The molecule has 1 saturated heterocycles. The van der Waals surface area contributed by atoms with Crippen molar-refractivity contribution in [3.63, 3.8) is 0 Å². The van der Waals surface area contributed by atoms with E-state index in [2.05, 4.69) is 4.90 Å². The van der Waals surface area contributed by atoms with Gasteiger partial charge in [-0.1, -0.05) is 0 Å². The van der Waals surface area contributed by atoms with Crippen LogP contribution in [-0.4, -0.2) is 48.5 Å². The molecule has 5 heteroatoms. The van der Waals surface area contributed by atoms with E-state index >= 15 is 0 Å². The Balaban J connectivity index is 1.85. The van der Waals surface area contributed by atoms with Crippen LogP contribution in [0.4, 0.5) is 0 Å². The third-order valence-electron chi connectivity index (χ3n) is 4.33. The Morgan fingerprint density at radius 1 is 1.32 bits per heavy atom. The van der Waals surface area contributed by atoms with E-state index in [4.69, 9.17) is 9.84 Å². The fraction of sp³-hybridized carbons (Fsp3) is 0.529. The highest BCUT2D eigenvalue weighted by molar-refractivity contribution is 5.97. The van der Waals surface area contributed by atoms with E-state index in [1.54, 1.807) is 13.2 Å². The molecule has 0 radical (unpaired) electrons. The van der Waals surface area contributed by atoms with Crippen molar-refractivity contribution in [1.29, 1.82) is 0 Å². The lowest BCUT2D eigenvalue weighted by atomic mass is 9.96. The number of benzene rings is 1. The maximum absolute atomic E-state index is 12.3. The van der Waals surface area contributed by atoms with Gasteiger partial charge >= 0.3 is 5.97 Å². The molecule has 0 unspecified atom stereocenters. The maximum Gasteiger partial charge on any atom is 0.306 e. The zero-order valence-corrected chi connectivity index (χ0v) is 13.2. The van der Waals surface area contributed by atoms with E-state index in [0.29, 0.717) is 25.8 Å². The van der Waals surface area contributed by atoms with Crippen LogP contribution in [-0.2, 0) is 4.79 Å². The fourth-order valence-corrected chi connectivity index (χ4v) is 2.87. The summed E-state index contributed by atoms with van der Waals surface area (Å²) in [5, 5.41) is 8.98. The molecule has 0 saturated carbocycles. The van der Waals surface area contributed by atoms with Crippen LogP contribution in [0.2, 0.25) is 0 Å². The van der Waals surface area contributed by atoms with Crippen LogP contribution in [0.25, 0.3) is 0 Å². The van der Waals surface area contributed by atoms with Crippen molar-refractivity contribution in [2.45, 2.75) is 26.2 Å². The average Bonchev–Trinajstić information content (AvgIpc) is 2.52. The van der Waals surface area contributed by atoms with E-state index in [1.807, 2.05) is 19.1 Å². The number of ketones is 1. The number of hydrogen-bond acceptors (Lipinski definition) is 4. The quantitative estimate of drug-likeness (QED) is 0.817. The number of rotatable bonds is 6. The lowest BCUT2D eigenvalue weighted by molar-refractivity contribution is -0.143. The van der Waals surface area contributed by atoms with Crippen LogP contribution >= 0.6 is 0 Å². The van der Waals surface area contributed by atoms with Gasteiger partial charge in [-0.05, 0) is 56.6 Å². The number of carbonyl (C=O) groups excluding carboxylic acids is 1. The Kier molecular flexibility index (Phi) is 5.55. The number of ether oxygens (including phenoxy) is 1. The molecule has 1 N–H and O–H groups in total. The lowest BCUT2D eigenvalue weighted by Gasteiger charge is -2.29. The van der Waals surface area contributed by atoms with Gasteiger partial charge in [-0.25, -0.2) is 0 Å². The van der Waals surface area contributed by atoms with E-state index < -0.39 is 5.97 Å². The second kappa shape index (κ2) is 7.40. The van der Waals surface area contributed by atoms with Crippen molar-refractivity contribution in [1.82, 2.24) is 4.90 Å². The summed E-state index contributed by atoms with van der Waals surface area (Å²) in [6.07, 6.45) is 1.81. The molecule has 120 valence electrons. The van der Waals surface area contributed by atoms with Crippen LogP contribution in [0, 0.1) is 12.8 Å². The highest BCUT2D eigenvalue weighted by Gasteiger charge is 2.24. The Bertz CT molecular complexity index is 548. The molecule has 2 rings (SSSR count). The highest BCUT2D eigenvalue weighted by Crippen LogP contribution is 2.20. The van der Waals surface area contributed by atoms with Crippen molar-refractivity contribution >= 4 is 11.8 Å². The van der Waals surface area contributed by atoms with Crippen molar-refractivity contribution in [3.8, 4) is 5.75 Å². The number of carboxylic acid groups (broad SMARTS) is 1. The smallest absolute Gasteiger partial charge is 0.306 e. The SMILES string of the molecule is COc1ccc(C(=O)CCN2CCC(C(=O)O)CC2)c(C)c1. The lowest BCUT2D eigenvalue weighted by Crippen LogP contribution is -2.37. The van der Waals surface area contributed by atoms with Crippen molar-refractivity contribution in [2.75, 3.05) is 26.7 Å². The second-order valence-corrected chi connectivity index (χ2v) is 5.81. The van der Waals surface area contributed by atoms with Gasteiger partial charge in [0.2, 0.25) is 0 Å². The minimum Gasteiger partial charge on any atom is -0.497 e. The van der Waals surface area contributed by atoms with Crippen molar-refractivity contribution in [3.05, 3.63) is 29.3 Å². The predicted molar refractivity (Wildman–Crippen MR) is 83.5 cm³/mol. The Hall–Kier alpha value is -1.88. The van der Waals surface area contributed by atoms with Crippen molar-refractivity contribution < 1.29 is 19.4 Å². The average molecular weight is 305 g/mol. The van der Waals surface area contributed by atoms with Crippen molar-refractivity contribution in [2.24, 2.45) is 5.92 Å². The minimum atomic E-state index is -0.704. The molecule has 0 amide bonds. The summed E-state index contributed by atoms with van der Waals surface area (Å²) >= 11 is 0. The summed E-state index contributed by atoms with van der Waals surface area (Å²) in [5.41, 5.74) is 1.66. The first-order valence-corrected chi connectivity index (χ1v) is 7.64. The van der Waals surface area contributed by atoms with Crippen LogP contribution < -0.4 is 4.74 Å². The van der Waals surface area contributed by atoms with E-state index in [0.717, 1.165) is 30.0 Å². The number of aliphatic carboxylic acids is 1. The number of Topliss-reactive ketones (excluding diaryl/α,β-unsaturated/α-hetero) is 1. The Labute approximate surface area is 130 Å². The molecule has 0 aliphatic carbocycles. The number of likely N-dealkylation sites (tertiary alicyclic amines) is 1. The zero-order valence-electron chi connectivity index (χ0n) is 13.2. The molecule has 1 aromatic rings. The van der Waals surface area contributed by atoms with Gasteiger partial charge in [-0.15, -0.1) is 0 Å². The first-order chi connectivity index (χ1) is 10.5. The maximum atomic E-state index is 12.3. The minimum absolute atomic E-state index is 0.125. The van der Waals surface area contributed by atoms with Gasteiger partial charge in [0.1, 0.15) is 5.75 Å². The van der Waals surface area contributed by atoms with Gasteiger partial charge in [-0.2, -0.15) is 0 Å². The molecular formula is C17H23NO4. The first kappa shape index (κ1) is 16.5. The van der Waals surface area contributed by atoms with Gasteiger partial charge in [-0.3, -0.25) is 9.59 Å². The Morgan fingerprint density at radius 3 is 2.55 bits per heavy atom. The third kappa shape index (κ3) is 4.07. The standard InChI is InChI=1S/C17H23NO4/c1-12-11-14(22-2)3-4-15(12)16(19)7-10-18-8-5-13(6-9-18)17(20)21/h3-4,11,13H,5-10H2,1-2H3,(H,20,21). The molecule has 1 aromatic carbocycles. The van der Waals surface area contributed by atoms with E-state index in [9.17, 15) is 9.59 Å². The molecule has 1 aliphatic heterocycles. The highest BCUT2D eigenvalue weighted by atomic mass is 16.5. The summed E-state index contributed by atoms with van der Waals surface area (Å²) in [6, 6.07) is 5.48. The predicted octanol–water partition coefficient (Wildman–Crippen LogP) is 2.37. The van der Waals surface area contributed by atoms with Gasteiger partial charge in [0.05, 0.1) is 13.0 Å². The second-order valence-electron chi connectivity index (χ2n) is 5.81. The van der Waals surface area contributed by atoms with Crippen LogP contribution in [0.1, 0.15) is 35.2 Å². The summed E-state index contributed by atoms with van der Waals surface area (Å²) in [7, 11) is 1.61. The Morgan fingerprint density at radius 2 is 2.00 bits per heavy atom. The first-order valence-electron chi connectivity index (χ1n) is 7.64. The normalized spacial score (nSPS) is 16.5. The van der Waals surface area contributed by atoms with Crippen LogP contribution in [0.3, 0.4) is 0 Å². The molecule has 1 heterocycles. The number of carbonyl (C=O) groups is 2. The molecule has 0 aromatic heterocycles. The summed E-state index contributed by atoms with van der Waals surface area (Å²) in [6.45, 7) is 4.11. The molecule has 0 atom stereocenters. The molecule has 0 spiro atoms. The molecule has 1 fully saturated rings. The summed E-state index contributed by atoms with van der Waals surface area (Å²) in [4.78, 5) is 25.4. The number of piperidine rings is 1. The van der Waals surface area contributed by atoms with Gasteiger partial charge in [0, 0.05) is 18.5 Å². The molecule has 5 nitrogen and oxygen atoms in total. The number of nitrogens with zero attached hydrogens (tertiary/aromatic N) is 1. The molecule has 1 aliphatic rings. The molecule has 22 heavy (non-hydrogen) atoms. The largest absolute Gasteiger partial charge is 0.497 e. The third-order valence-corrected chi connectivity index (χ3v) is 4.33. The van der Waals surface area contributed by atoms with Gasteiger partial charge in [0.25, 0.3) is 0 Å². The number of carboxylic acids is 1. The monoisotopic (exact) mass is 305 g/mol. The topological polar surface area (TPSA) is 66.8 Å². The number of aryl methyl sites for hydroxylation is 1. The molecular weight excluding hydrogens is 282 g/mol. The van der Waals surface area contributed by atoms with E-state index in [-0.39, 0.29) is 11.7 Å². The van der Waals surface area contributed by atoms with Gasteiger partial charge in [0.15, 0.2) is 5.78 Å². The summed E-state index contributed by atoms with van der Waals surface area (Å²) < 4.78 is 5.15. The van der Waals surface area contributed by atoms with Crippen LogP contribution in [0.15, 0.2) is 18.2 Å². The van der Waals surface area contributed by atoms with Crippen LogP contribution in [0.5, 0.6) is 5.75 Å². The van der Waals surface area contributed by atoms with Gasteiger partial charge < -0.3 is 14.7 Å². The van der Waals surface area contributed by atoms with E-state index in [1.165, 1.54) is 0 Å². The molecule has 0 bridgehead atoms.